The number of thioether (sulfide) groups is 1. The summed E-state index contributed by atoms with van der Waals surface area (Å²) in [5.74, 6) is -0.889. The molecule has 0 saturated heterocycles. The van der Waals surface area contributed by atoms with Crippen molar-refractivity contribution in [2.45, 2.75) is 24.8 Å². The molecule has 7 nitrogen and oxygen atoms in total. The lowest BCUT2D eigenvalue weighted by Gasteiger charge is -2.14. The molecule has 0 saturated carbocycles. The molecular formula is C24H19FN4O3S2. The van der Waals surface area contributed by atoms with E-state index in [1.54, 1.807) is 50.2 Å². The second kappa shape index (κ2) is 9.67. The summed E-state index contributed by atoms with van der Waals surface area (Å²) in [7, 11) is 0. The molecule has 0 bridgehead atoms. The highest BCUT2D eigenvalue weighted by atomic mass is 32.2. The molecule has 0 radical (unpaired) electrons. The van der Waals surface area contributed by atoms with E-state index >= 15 is 0 Å². The van der Waals surface area contributed by atoms with Gasteiger partial charge in [0.25, 0.3) is 5.56 Å². The van der Waals surface area contributed by atoms with E-state index in [1.807, 2.05) is 6.07 Å². The lowest BCUT2D eigenvalue weighted by Crippen LogP contribution is -2.22. The molecule has 34 heavy (non-hydrogen) atoms. The number of para-hydroxylation sites is 1. The predicted molar refractivity (Wildman–Crippen MR) is 131 cm³/mol. The number of carbonyl (C=O) groups is 1. The fourth-order valence-corrected chi connectivity index (χ4v) is 5.47. The first-order chi connectivity index (χ1) is 16.3. The third-order valence-corrected chi connectivity index (χ3v) is 7.12. The molecule has 172 valence electrons. The van der Waals surface area contributed by atoms with E-state index in [1.165, 1.54) is 10.6 Å². The van der Waals surface area contributed by atoms with Gasteiger partial charge in [-0.25, -0.2) is 14.2 Å². The highest BCUT2D eigenvalue weighted by Gasteiger charge is 2.24. The van der Waals surface area contributed by atoms with Gasteiger partial charge in [-0.3, -0.25) is 9.36 Å². The quantitative estimate of drug-likeness (QED) is 0.232. The molecule has 10 heteroatoms. The van der Waals surface area contributed by atoms with Crippen LogP contribution in [0, 0.1) is 24.1 Å². The van der Waals surface area contributed by atoms with Crippen LogP contribution in [0.1, 0.15) is 33.3 Å². The van der Waals surface area contributed by atoms with E-state index < -0.39 is 11.8 Å². The average Bonchev–Trinajstić information content (AvgIpc) is 3.15. The third-order valence-electron chi connectivity index (χ3n) is 5.11. The number of nitrogens with zero attached hydrogens (tertiary/aromatic N) is 3. The summed E-state index contributed by atoms with van der Waals surface area (Å²) in [6, 6.07) is 13.4. The Labute approximate surface area is 202 Å². The molecule has 4 rings (SSSR count). The van der Waals surface area contributed by atoms with Gasteiger partial charge in [0.2, 0.25) is 0 Å². The summed E-state index contributed by atoms with van der Waals surface area (Å²) in [5.41, 5.74) is 7.48. The lowest BCUT2D eigenvalue weighted by molar-refractivity contribution is 0.0531. The first-order valence-corrected chi connectivity index (χ1v) is 12.0. The van der Waals surface area contributed by atoms with Gasteiger partial charge in [-0.1, -0.05) is 30.0 Å². The molecule has 0 aliphatic carbocycles. The van der Waals surface area contributed by atoms with Crippen LogP contribution >= 0.6 is 23.1 Å². The number of aromatic nitrogens is 2. The highest BCUT2D eigenvalue weighted by molar-refractivity contribution is 7.98. The van der Waals surface area contributed by atoms with Crippen molar-refractivity contribution in [2.75, 3.05) is 12.3 Å². The SMILES string of the molecule is CCOC(=O)c1sc(N)c(C#N)c1CSc1nc2ccccc2c(=O)n1-c1ccc(C)c(F)c1. The standard InChI is InChI=1S/C24H19FN4O3S2/c1-3-32-23(31)20-17(16(11-26)21(27)34-20)12-33-24-28-19-7-5-4-6-15(19)22(30)29(24)14-9-8-13(2)18(25)10-14/h4-10H,3,12,27H2,1-2H3. The Morgan fingerprint density at radius 2 is 2.09 bits per heavy atom. The molecule has 0 aliphatic rings. The van der Waals surface area contributed by atoms with Gasteiger partial charge in [-0.05, 0) is 43.7 Å². The summed E-state index contributed by atoms with van der Waals surface area (Å²) in [5, 5.41) is 10.5. The van der Waals surface area contributed by atoms with E-state index in [0.717, 1.165) is 23.1 Å². The van der Waals surface area contributed by atoms with Crippen molar-refractivity contribution in [1.82, 2.24) is 9.55 Å². The first kappa shape index (κ1) is 23.5. The number of rotatable bonds is 6. The molecule has 4 aromatic rings. The number of nitrogen functional groups attached to an aromatic ring is 1. The van der Waals surface area contributed by atoms with Crippen LogP contribution in [0.25, 0.3) is 16.6 Å². The van der Waals surface area contributed by atoms with Crippen LogP contribution < -0.4 is 11.3 Å². The summed E-state index contributed by atoms with van der Waals surface area (Å²) < 4.78 is 20.8. The van der Waals surface area contributed by atoms with Crippen LogP contribution in [0.5, 0.6) is 0 Å². The molecule has 2 aromatic heterocycles. The van der Waals surface area contributed by atoms with Crippen LogP contribution in [-0.2, 0) is 10.5 Å². The molecule has 2 heterocycles. The van der Waals surface area contributed by atoms with Crippen LogP contribution in [0.4, 0.5) is 9.39 Å². The number of hydrogen-bond donors (Lipinski definition) is 1. The maximum absolute atomic E-state index is 14.4. The van der Waals surface area contributed by atoms with Gasteiger partial charge in [0, 0.05) is 11.3 Å². The lowest BCUT2D eigenvalue weighted by atomic mass is 10.2. The van der Waals surface area contributed by atoms with Crippen LogP contribution in [0.3, 0.4) is 0 Å². The minimum Gasteiger partial charge on any atom is -0.462 e. The second-order valence-corrected chi connectivity index (χ2v) is 9.25. The van der Waals surface area contributed by atoms with Gasteiger partial charge in [0.05, 0.1) is 28.8 Å². The van der Waals surface area contributed by atoms with E-state index in [0.29, 0.717) is 27.7 Å². The zero-order chi connectivity index (χ0) is 24.4. The van der Waals surface area contributed by atoms with Crippen molar-refractivity contribution in [3.8, 4) is 11.8 Å². The highest BCUT2D eigenvalue weighted by Crippen LogP contribution is 2.36. The number of nitrogens with two attached hydrogens (primary N) is 1. The number of thiophene rings is 1. The van der Waals surface area contributed by atoms with Crippen LogP contribution in [0.2, 0.25) is 0 Å². The molecule has 0 amide bonds. The van der Waals surface area contributed by atoms with E-state index in [9.17, 15) is 19.2 Å². The Kier molecular flexibility index (Phi) is 6.68. The van der Waals surface area contributed by atoms with Crippen molar-refractivity contribution in [1.29, 1.82) is 5.26 Å². The van der Waals surface area contributed by atoms with Crippen molar-refractivity contribution in [3.63, 3.8) is 0 Å². The number of benzene rings is 2. The minimum absolute atomic E-state index is 0.129. The van der Waals surface area contributed by atoms with Gasteiger partial charge in [-0.15, -0.1) is 11.3 Å². The Balaban J connectivity index is 1.85. The first-order valence-electron chi connectivity index (χ1n) is 10.2. The second-order valence-electron chi connectivity index (χ2n) is 7.26. The van der Waals surface area contributed by atoms with Gasteiger partial charge in [0.1, 0.15) is 21.8 Å². The Morgan fingerprint density at radius 3 is 2.79 bits per heavy atom. The predicted octanol–water partition coefficient (Wildman–Crippen LogP) is 4.82. The van der Waals surface area contributed by atoms with E-state index in [4.69, 9.17) is 10.5 Å². The van der Waals surface area contributed by atoms with Crippen molar-refractivity contribution < 1.29 is 13.9 Å². The summed E-state index contributed by atoms with van der Waals surface area (Å²) in [6.07, 6.45) is 0. The van der Waals surface area contributed by atoms with E-state index in [-0.39, 0.29) is 38.5 Å². The fraction of sp³-hybridized carbons (Fsp3) is 0.167. The average molecular weight is 495 g/mol. The Bertz CT molecular complexity index is 1520. The van der Waals surface area contributed by atoms with Crippen molar-refractivity contribution >= 4 is 45.0 Å². The topological polar surface area (TPSA) is 111 Å². The number of anilines is 1. The molecule has 0 spiro atoms. The van der Waals surface area contributed by atoms with Crippen LogP contribution in [0.15, 0.2) is 52.4 Å². The molecule has 0 aliphatic heterocycles. The zero-order valence-corrected chi connectivity index (χ0v) is 19.9. The van der Waals surface area contributed by atoms with Crippen LogP contribution in [-0.4, -0.2) is 22.1 Å². The maximum Gasteiger partial charge on any atom is 0.348 e. The summed E-state index contributed by atoms with van der Waals surface area (Å²) in [6.45, 7) is 3.50. The Morgan fingerprint density at radius 1 is 1.32 bits per heavy atom. The maximum atomic E-state index is 14.4. The van der Waals surface area contributed by atoms with Gasteiger partial charge in [0.15, 0.2) is 5.16 Å². The zero-order valence-electron chi connectivity index (χ0n) is 18.3. The number of esters is 1. The molecular weight excluding hydrogens is 475 g/mol. The smallest absolute Gasteiger partial charge is 0.348 e. The molecule has 0 unspecified atom stereocenters. The molecule has 2 aromatic carbocycles. The van der Waals surface area contributed by atoms with Gasteiger partial charge in [-0.2, -0.15) is 5.26 Å². The number of carbonyl (C=O) groups excluding carboxylic acids is 1. The number of fused-ring (bicyclic) bond motifs is 1. The van der Waals surface area contributed by atoms with Crippen molar-refractivity contribution in [3.05, 3.63) is 80.2 Å². The van der Waals surface area contributed by atoms with Crippen molar-refractivity contribution in [2.24, 2.45) is 0 Å². The molecule has 0 fully saturated rings. The fourth-order valence-electron chi connectivity index (χ4n) is 3.40. The number of aryl methyl sites for hydroxylation is 1. The monoisotopic (exact) mass is 494 g/mol. The molecule has 2 N–H and O–H groups in total. The largest absolute Gasteiger partial charge is 0.462 e. The molecule has 0 atom stereocenters. The summed E-state index contributed by atoms with van der Waals surface area (Å²) >= 11 is 2.14. The Hall–Kier alpha value is -3.68. The number of ether oxygens (including phenoxy) is 1. The number of halogens is 1. The van der Waals surface area contributed by atoms with Gasteiger partial charge >= 0.3 is 5.97 Å². The summed E-state index contributed by atoms with van der Waals surface area (Å²) in [4.78, 5) is 30.7. The number of hydrogen-bond acceptors (Lipinski definition) is 8. The third kappa shape index (κ3) is 4.27. The normalized spacial score (nSPS) is 10.9. The van der Waals surface area contributed by atoms with E-state index in [2.05, 4.69) is 4.98 Å². The number of nitriles is 1. The van der Waals surface area contributed by atoms with Gasteiger partial charge < -0.3 is 10.5 Å². The minimum atomic E-state index is -0.569.